The monoisotopic (exact) mass is 657 g/mol. The summed E-state index contributed by atoms with van der Waals surface area (Å²) in [5.41, 5.74) is 1.13. The highest BCUT2D eigenvalue weighted by molar-refractivity contribution is 8.00. The molecule has 0 aliphatic carbocycles. The van der Waals surface area contributed by atoms with Gasteiger partial charge in [0.25, 0.3) is 5.91 Å². The third-order valence-electron chi connectivity index (χ3n) is 7.39. The fourth-order valence-electron chi connectivity index (χ4n) is 5.34. The topological polar surface area (TPSA) is 151 Å². The molecule has 5 rings (SSSR count). The van der Waals surface area contributed by atoms with Gasteiger partial charge >= 0.3 is 18.0 Å². The van der Waals surface area contributed by atoms with Crippen molar-refractivity contribution in [2.24, 2.45) is 0 Å². The first-order valence-corrected chi connectivity index (χ1v) is 16.0. The summed E-state index contributed by atoms with van der Waals surface area (Å²) in [6.45, 7) is 5.09. The van der Waals surface area contributed by atoms with E-state index in [2.05, 4.69) is 10.6 Å². The Bertz CT molecular complexity index is 1640. The van der Waals surface area contributed by atoms with Crippen LogP contribution < -0.4 is 10.6 Å². The molecule has 0 bridgehead atoms. The van der Waals surface area contributed by atoms with Gasteiger partial charge in [0.05, 0.1) is 6.42 Å². The van der Waals surface area contributed by atoms with Crippen LogP contribution in [0.5, 0.6) is 0 Å². The number of carbonyl (C=O) groups is 5. The zero-order valence-electron chi connectivity index (χ0n) is 26.0. The third-order valence-corrected chi connectivity index (χ3v) is 8.73. The molecule has 2 aliphatic rings. The molecule has 3 N–H and O–H groups in total. The molecule has 3 amide bonds. The van der Waals surface area contributed by atoms with Gasteiger partial charge in [-0.1, -0.05) is 91.0 Å². The van der Waals surface area contributed by atoms with Gasteiger partial charge in [-0.15, -0.1) is 11.8 Å². The van der Waals surface area contributed by atoms with Gasteiger partial charge in [0.15, 0.2) is 6.10 Å². The number of β-lactam (4-membered cyclic amide) rings is 1. The Morgan fingerprint density at radius 1 is 0.894 bits per heavy atom. The van der Waals surface area contributed by atoms with Crippen LogP contribution in [0, 0.1) is 0 Å². The van der Waals surface area contributed by atoms with Crippen LogP contribution in [0.25, 0.3) is 0 Å². The van der Waals surface area contributed by atoms with E-state index in [1.54, 1.807) is 51.1 Å². The van der Waals surface area contributed by atoms with Crippen molar-refractivity contribution in [2.45, 2.75) is 56.4 Å². The van der Waals surface area contributed by atoms with Crippen molar-refractivity contribution in [3.8, 4) is 0 Å². The van der Waals surface area contributed by atoms with Gasteiger partial charge in [0.1, 0.15) is 28.8 Å². The predicted molar refractivity (Wildman–Crippen MR) is 174 cm³/mol. The summed E-state index contributed by atoms with van der Waals surface area (Å²) in [4.78, 5) is 66.8. The van der Waals surface area contributed by atoms with Crippen LogP contribution in [0.4, 0.5) is 4.79 Å². The number of carboxylic acids is 1. The van der Waals surface area contributed by atoms with E-state index in [9.17, 15) is 29.1 Å². The van der Waals surface area contributed by atoms with Crippen molar-refractivity contribution >= 4 is 41.6 Å². The maximum absolute atomic E-state index is 13.9. The van der Waals surface area contributed by atoms with Crippen molar-refractivity contribution in [3.05, 3.63) is 119 Å². The molecule has 12 heteroatoms. The van der Waals surface area contributed by atoms with Crippen molar-refractivity contribution in [2.75, 3.05) is 5.75 Å². The zero-order chi connectivity index (χ0) is 33.7. The van der Waals surface area contributed by atoms with E-state index in [0.29, 0.717) is 16.7 Å². The molecule has 1 unspecified atom stereocenters. The van der Waals surface area contributed by atoms with E-state index >= 15 is 0 Å². The number of aliphatic carboxylic acids is 1. The van der Waals surface area contributed by atoms with Crippen LogP contribution in [0.2, 0.25) is 0 Å². The largest absolute Gasteiger partial charge is 0.481 e. The number of nitrogens with zero attached hydrogens (tertiary/aromatic N) is 1. The molecule has 47 heavy (non-hydrogen) atoms. The summed E-state index contributed by atoms with van der Waals surface area (Å²) in [5, 5.41) is 14.2. The maximum atomic E-state index is 13.9. The Kier molecular flexibility index (Phi) is 10.00. The Morgan fingerprint density at radius 3 is 1.94 bits per heavy atom. The van der Waals surface area contributed by atoms with Gasteiger partial charge < -0.3 is 25.2 Å². The summed E-state index contributed by atoms with van der Waals surface area (Å²) in [6, 6.07) is 24.5. The average Bonchev–Trinajstić information content (AvgIpc) is 3.04. The lowest BCUT2D eigenvalue weighted by Gasteiger charge is -2.50. The van der Waals surface area contributed by atoms with Gasteiger partial charge in [-0.05, 0) is 43.0 Å². The van der Waals surface area contributed by atoms with Crippen LogP contribution >= 0.6 is 11.8 Å². The van der Waals surface area contributed by atoms with Crippen molar-refractivity contribution < 1.29 is 38.6 Å². The second-order valence-corrected chi connectivity index (χ2v) is 13.1. The van der Waals surface area contributed by atoms with Crippen LogP contribution in [-0.4, -0.2) is 62.6 Å². The minimum absolute atomic E-state index is 0.122. The van der Waals surface area contributed by atoms with E-state index < -0.39 is 65.4 Å². The SMILES string of the molecule is CC(C)(C)OC(=O)NC(C(=O)N[C@@H]1C(=O)N2C(C(=O)OC(c3ccccc3)c3ccccc3)=C(CC(=O)O)CS[C@@H]12)c1ccccc1. The second kappa shape index (κ2) is 14.1. The first-order valence-electron chi connectivity index (χ1n) is 15.0. The first kappa shape index (κ1) is 33.3. The highest BCUT2D eigenvalue weighted by Gasteiger charge is 2.55. The Hall–Kier alpha value is -5.10. The number of amides is 3. The minimum Gasteiger partial charge on any atom is -0.481 e. The van der Waals surface area contributed by atoms with Gasteiger partial charge in [0, 0.05) is 5.75 Å². The van der Waals surface area contributed by atoms with Gasteiger partial charge in [-0.25, -0.2) is 9.59 Å². The number of hydrogen-bond donors (Lipinski definition) is 3. The molecule has 244 valence electrons. The number of hydrogen-bond acceptors (Lipinski definition) is 8. The standard InChI is InChI=1S/C35H35N3O8S/c1-35(2,3)46-34(44)37-26(21-13-7-4-8-14-21)30(41)36-27-31(42)38-28(24(19-25(39)40)20-47-32(27)38)33(43)45-29(22-15-9-5-10-16-22)23-17-11-6-12-18-23/h4-18,26-27,29,32H,19-20H2,1-3H3,(H,36,41)(H,37,44)(H,39,40)/t26?,27-,32+/m1/s1. The second-order valence-electron chi connectivity index (χ2n) is 12.0. The molecule has 3 aromatic rings. The Morgan fingerprint density at radius 2 is 1.43 bits per heavy atom. The van der Waals surface area contributed by atoms with Gasteiger partial charge in [-0.2, -0.15) is 0 Å². The van der Waals surface area contributed by atoms with Crippen LogP contribution in [-0.2, 0) is 28.7 Å². The molecular weight excluding hydrogens is 622 g/mol. The number of thioether (sulfide) groups is 1. The van der Waals surface area contributed by atoms with Crippen molar-refractivity contribution in [3.63, 3.8) is 0 Å². The molecule has 3 atom stereocenters. The lowest BCUT2D eigenvalue weighted by Crippen LogP contribution is -2.71. The number of carboxylic acid groups (broad SMARTS) is 1. The number of carbonyl (C=O) groups excluding carboxylic acids is 4. The van der Waals surface area contributed by atoms with Gasteiger partial charge in [-0.3, -0.25) is 19.3 Å². The van der Waals surface area contributed by atoms with E-state index in [1.807, 2.05) is 60.7 Å². The first-order chi connectivity index (χ1) is 22.4. The highest BCUT2D eigenvalue weighted by Crippen LogP contribution is 2.42. The van der Waals surface area contributed by atoms with Crippen molar-refractivity contribution in [1.82, 2.24) is 15.5 Å². The smallest absolute Gasteiger partial charge is 0.408 e. The molecule has 11 nitrogen and oxygen atoms in total. The third kappa shape index (κ3) is 7.83. The van der Waals surface area contributed by atoms with Crippen LogP contribution in [0.3, 0.4) is 0 Å². The van der Waals surface area contributed by atoms with E-state index in [1.165, 1.54) is 16.7 Å². The molecule has 0 saturated carbocycles. The normalized spacial score (nSPS) is 18.0. The summed E-state index contributed by atoms with van der Waals surface area (Å²) >= 11 is 1.23. The lowest BCUT2D eigenvalue weighted by molar-refractivity contribution is -0.155. The highest BCUT2D eigenvalue weighted by atomic mass is 32.2. The summed E-state index contributed by atoms with van der Waals surface area (Å²) in [6.07, 6.45) is -2.11. The number of fused-ring (bicyclic) bond motifs is 1. The predicted octanol–water partition coefficient (Wildman–Crippen LogP) is 4.71. The average molecular weight is 658 g/mol. The molecule has 2 aliphatic heterocycles. The number of ether oxygens (including phenoxy) is 2. The number of alkyl carbamates (subject to hydrolysis) is 1. The molecular formula is C35H35N3O8S. The molecule has 2 heterocycles. The molecule has 0 spiro atoms. The number of nitrogens with one attached hydrogen (secondary N) is 2. The Labute approximate surface area is 276 Å². The summed E-state index contributed by atoms with van der Waals surface area (Å²) < 4.78 is 11.4. The fourth-order valence-corrected chi connectivity index (χ4v) is 6.69. The Balaban J connectivity index is 1.39. The van der Waals surface area contributed by atoms with Crippen LogP contribution in [0.1, 0.15) is 56.0 Å². The van der Waals surface area contributed by atoms with E-state index in [-0.39, 0.29) is 17.0 Å². The van der Waals surface area contributed by atoms with E-state index in [0.717, 1.165) is 0 Å². The summed E-state index contributed by atoms with van der Waals surface area (Å²) in [7, 11) is 0. The minimum atomic E-state index is -1.18. The maximum Gasteiger partial charge on any atom is 0.408 e. The van der Waals surface area contributed by atoms with Crippen molar-refractivity contribution in [1.29, 1.82) is 0 Å². The molecule has 0 radical (unpaired) electrons. The van der Waals surface area contributed by atoms with E-state index in [4.69, 9.17) is 9.47 Å². The summed E-state index contributed by atoms with van der Waals surface area (Å²) in [5.74, 6) is -3.15. The number of rotatable bonds is 10. The molecule has 0 aromatic heterocycles. The number of esters is 1. The fraction of sp³-hybridized carbons (Fsp3) is 0.286. The lowest BCUT2D eigenvalue weighted by atomic mass is 9.99. The molecule has 3 aromatic carbocycles. The van der Waals surface area contributed by atoms with Gasteiger partial charge in [0.2, 0.25) is 5.91 Å². The number of benzene rings is 3. The van der Waals surface area contributed by atoms with Crippen LogP contribution in [0.15, 0.2) is 102 Å². The quantitative estimate of drug-likeness (QED) is 0.208. The molecule has 1 saturated heterocycles. The molecule has 1 fully saturated rings. The zero-order valence-corrected chi connectivity index (χ0v) is 26.9.